The molecule has 0 spiro atoms. The van der Waals surface area contributed by atoms with Crippen molar-refractivity contribution in [3.8, 4) is 0 Å². The van der Waals surface area contributed by atoms with Crippen molar-refractivity contribution in [2.24, 2.45) is 5.41 Å². The van der Waals surface area contributed by atoms with E-state index in [2.05, 4.69) is 20.8 Å². The quantitative estimate of drug-likeness (QED) is 0.650. The Bertz CT molecular complexity index is 278. The minimum Gasteiger partial charge on any atom is -0.308 e. The molecule has 1 rings (SSSR count). The fourth-order valence-electron chi connectivity index (χ4n) is 1.91. The highest BCUT2D eigenvalue weighted by Crippen LogP contribution is 2.40. The second kappa shape index (κ2) is 3.44. The number of nitrogens with one attached hydrogen (secondary N) is 1. The lowest BCUT2D eigenvalue weighted by Crippen LogP contribution is -2.28. The summed E-state index contributed by atoms with van der Waals surface area (Å²) in [5, 5.41) is 7.23. The van der Waals surface area contributed by atoms with Gasteiger partial charge in [0, 0.05) is 19.1 Å². The number of allylic oxidation sites excluding steroid dienone is 2. The van der Waals surface area contributed by atoms with Crippen LogP contribution in [0.1, 0.15) is 40.0 Å². The third-order valence-electron chi connectivity index (χ3n) is 3.32. The molecule has 1 aliphatic rings. The zero-order valence-corrected chi connectivity index (χ0v) is 8.61. The summed E-state index contributed by atoms with van der Waals surface area (Å²) < 4.78 is 0. The summed E-state index contributed by atoms with van der Waals surface area (Å²) in [6.45, 7) is 6.27. The Morgan fingerprint density at radius 1 is 1.62 bits per heavy atom. The van der Waals surface area contributed by atoms with Crippen LogP contribution in [0.15, 0.2) is 11.1 Å². The Hall–Kier alpha value is -0.920. The van der Waals surface area contributed by atoms with Crippen molar-refractivity contribution in [2.45, 2.75) is 40.0 Å². The summed E-state index contributed by atoms with van der Waals surface area (Å²) in [7, 11) is 0. The first kappa shape index (κ1) is 10.2. The lowest BCUT2D eigenvalue weighted by atomic mass is 9.70. The summed E-state index contributed by atoms with van der Waals surface area (Å²) in [6.07, 6.45) is 3.42. The van der Waals surface area contributed by atoms with E-state index in [0.29, 0.717) is 12.8 Å². The Labute approximate surface area is 79.5 Å². The smallest absolute Gasteiger partial charge is 0.138 e. The first-order valence-electron chi connectivity index (χ1n) is 4.76. The van der Waals surface area contributed by atoms with Crippen molar-refractivity contribution < 1.29 is 4.79 Å². The van der Waals surface area contributed by atoms with E-state index in [1.54, 1.807) is 0 Å². The first-order chi connectivity index (χ1) is 6.03. The minimum absolute atomic E-state index is 0.00220. The standard InChI is InChI=1S/C11H17NO/c1-4-11(3)6-10(13)5-9(7-12)8(11)2/h7,12H,4-6H2,1-3H3. The molecular formula is C11H17NO. The number of hydrogen-bond acceptors (Lipinski definition) is 2. The number of hydrogen-bond donors (Lipinski definition) is 1. The average molecular weight is 179 g/mol. The molecule has 0 fully saturated rings. The van der Waals surface area contributed by atoms with Gasteiger partial charge in [0.2, 0.25) is 0 Å². The van der Waals surface area contributed by atoms with Crippen molar-refractivity contribution in [3.63, 3.8) is 0 Å². The van der Waals surface area contributed by atoms with Gasteiger partial charge in [-0.15, -0.1) is 0 Å². The van der Waals surface area contributed by atoms with Gasteiger partial charge in [-0.05, 0) is 24.3 Å². The van der Waals surface area contributed by atoms with Crippen molar-refractivity contribution in [1.29, 1.82) is 5.41 Å². The van der Waals surface area contributed by atoms with E-state index in [-0.39, 0.29) is 11.2 Å². The van der Waals surface area contributed by atoms with Crippen LogP contribution in [-0.4, -0.2) is 12.0 Å². The van der Waals surface area contributed by atoms with Crippen molar-refractivity contribution in [3.05, 3.63) is 11.1 Å². The van der Waals surface area contributed by atoms with Crippen LogP contribution in [0.4, 0.5) is 0 Å². The van der Waals surface area contributed by atoms with Gasteiger partial charge in [0.15, 0.2) is 0 Å². The number of Topliss-reactive ketones (excluding diaryl/α,β-unsaturated/α-hetero) is 1. The van der Waals surface area contributed by atoms with Crippen molar-refractivity contribution in [1.82, 2.24) is 0 Å². The molecule has 72 valence electrons. The first-order valence-corrected chi connectivity index (χ1v) is 4.76. The molecule has 0 aromatic heterocycles. The summed E-state index contributed by atoms with van der Waals surface area (Å²) in [6, 6.07) is 0. The number of ketones is 1. The Balaban J connectivity index is 3.12. The molecule has 13 heavy (non-hydrogen) atoms. The van der Waals surface area contributed by atoms with Gasteiger partial charge in [-0.25, -0.2) is 0 Å². The molecule has 0 aromatic carbocycles. The second-order valence-electron chi connectivity index (χ2n) is 4.10. The molecule has 1 N–H and O–H groups in total. The lowest BCUT2D eigenvalue weighted by molar-refractivity contribution is -0.120. The molecule has 0 saturated carbocycles. The van der Waals surface area contributed by atoms with E-state index in [0.717, 1.165) is 12.0 Å². The zero-order valence-electron chi connectivity index (χ0n) is 8.61. The number of rotatable bonds is 2. The molecule has 0 aliphatic heterocycles. The highest BCUT2D eigenvalue weighted by molar-refractivity contribution is 5.93. The summed E-state index contributed by atoms with van der Waals surface area (Å²) in [5.41, 5.74) is 2.15. The fourth-order valence-corrected chi connectivity index (χ4v) is 1.91. The SMILES string of the molecule is CCC1(C)CC(=O)CC(C=N)=C1C. The van der Waals surface area contributed by atoms with Gasteiger partial charge in [0.1, 0.15) is 5.78 Å². The molecule has 1 unspecified atom stereocenters. The normalized spacial score (nSPS) is 29.3. The molecule has 0 amide bonds. The fraction of sp³-hybridized carbons (Fsp3) is 0.636. The third-order valence-corrected chi connectivity index (χ3v) is 3.32. The number of carbonyl (C=O) groups is 1. The van der Waals surface area contributed by atoms with E-state index in [1.165, 1.54) is 11.8 Å². The van der Waals surface area contributed by atoms with Gasteiger partial charge >= 0.3 is 0 Å². The third kappa shape index (κ3) is 1.71. The predicted molar refractivity (Wildman–Crippen MR) is 54.1 cm³/mol. The highest BCUT2D eigenvalue weighted by Gasteiger charge is 2.33. The lowest BCUT2D eigenvalue weighted by Gasteiger charge is -2.34. The Morgan fingerprint density at radius 2 is 2.23 bits per heavy atom. The Kier molecular flexibility index (Phi) is 2.69. The van der Waals surface area contributed by atoms with E-state index in [4.69, 9.17) is 5.41 Å². The van der Waals surface area contributed by atoms with Gasteiger partial charge in [-0.1, -0.05) is 19.4 Å². The van der Waals surface area contributed by atoms with Crippen LogP contribution in [0.25, 0.3) is 0 Å². The topological polar surface area (TPSA) is 40.9 Å². The van der Waals surface area contributed by atoms with E-state index >= 15 is 0 Å². The highest BCUT2D eigenvalue weighted by atomic mass is 16.1. The van der Waals surface area contributed by atoms with Crippen molar-refractivity contribution >= 4 is 12.0 Å². The monoisotopic (exact) mass is 179 g/mol. The van der Waals surface area contributed by atoms with Crippen molar-refractivity contribution in [2.75, 3.05) is 0 Å². The van der Waals surface area contributed by atoms with Crippen LogP contribution in [0.2, 0.25) is 0 Å². The van der Waals surface area contributed by atoms with Crippen LogP contribution in [0.3, 0.4) is 0 Å². The molecule has 2 heteroatoms. The van der Waals surface area contributed by atoms with Crippen LogP contribution in [0.5, 0.6) is 0 Å². The largest absolute Gasteiger partial charge is 0.308 e. The van der Waals surface area contributed by atoms with Gasteiger partial charge in [0.25, 0.3) is 0 Å². The molecule has 0 radical (unpaired) electrons. The number of carbonyl (C=O) groups excluding carboxylic acids is 1. The molecule has 0 bridgehead atoms. The van der Waals surface area contributed by atoms with Crippen LogP contribution in [-0.2, 0) is 4.79 Å². The maximum absolute atomic E-state index is 11.4. The Morgan fingerprint density at radius 3 is 2.69 bits per heavy atom. The van der Waals surface area contributed by atoms with Crippen LogP contribution < -0.4 is 0 Å². The van der Waals surface area contributed by atoms with E-state index < -0.39 is 0 Å². The molecule has 0 aromatic rings. The van der Waals surface area contributed by atoms with Crippen LogP contribution >= 0.6 is 0 Å². The molecule has 1 atom stereocenters. The van der Waals surface area contributed by atoms with Crippen LogP contribution in [0, 0.1) is 10.8 Å². The molecular weight excluding hydrogens is 162 g/mol. The minimum atomic E-state index is 0.00220. The maximum atomic E-state index is 11.4. The molecule has 0 saturated heterocycles. The molecule has 1 aliphatic carbocycles. The summed E-state index contributed by atoms with van der Waals surface area (Å²) >= 11 is 0. The average Bonchev–Trinajstić information content (AvgIpc) is 2.11. The maximum Gasteiger partial charge on any atom is 0.138 e. The van der Waals surface area contributed by atoms with E-state index in [9.17, 15) is 4.79 Å². The van der Waals surface area contributed by atoms with Gasteiger partial charge in [0.05, 0.1) is 0 Å². The van der Waals surface area contributed by atoms with E-state index in [1.807, 2.05) is 0 Å². The van der Waals surface area contributed by atoms with Gasteiger partial charge < -0.3 is 5.41 Å². The molecule has 2 nitrogen and oxygen atoms in total. The summed E-state index contributed by atoms with van der Waals surface area (Å²) in [4.78, 5) is 11.4. The second-order valence-corrected chi connectivity index (χ2v) is 4.10. The zero-order chi connectivity index (χ0) is 10.1. The predicted octanol–water partition coefficient (Wildman–Crippen LogP) is 2.73. The van der Waals surface area contributed by atoms with Gasteiger partial charge in [-0.3, -0.25) is 4.79 Å². The molecule has 0 heterocycles. The summed E-state index contributed by atoms with van der Waals surface area (Å²) in [5.74, 6) is 0.272. The van der Waals surface area contributed by atoms with Gasteiger partial charge in [-0.2, -0.15) is 0 Å².